The molecule has 1 heterocycles. The van der Waals surface area contributed by atoms with E-state index in [1.807, 2.05) is 0 Å². The quantitative estimate of drug-likeness (QED) is 0.901. The summed E-state index contributed by atoms with van der Waals surface area (Å²) in [5.41, 5.74) is 0.576. The van der Waals surface area contributed by atoms with Gasteiger partial charge < -0.3 is 14.8 Å². The minimum absolute atomic E-state index is 0.248. The van der Waals surface area contributed by atoms with Gasteiger partial charge in [0.15, 0.2) is 6.04 Å². The Hall–Kier alpha value is -2.27. The number of hydrogen-bond donors (Lipinski definition) is 2. The first-order chi connectivity index (χ1) is 9.09. The summed E-state index contributed by atoms with van der Waals surface area (Å²) >= 11 is 5.94. The number of furan rings is 1. The van der Waals surface area contributed by atoms with Crippen molar-refractivity contribution in [1.82, 2.24) is 5.32 Å². The van der Waals surface area contributed by atoms with Gasteiger partial charge >= 0.3 is 5.97 Å². The smallest absolute Gasteiger partial charge is 0.330 e. The molecule has 1 amide bonds. The van der Waals surface area contributed by atoms with Gasteiger partial charge in [0.2, 0.25) is 0 Å². The van der Waals surface area contributed by atoms with Gasteiger partial charge in [0.25, 0.3) is 5.91 Å². The molecule has 98 valence electrons. The van der Waals surface area contributed by atoms with E-state index in [0.29, 0.717) is 5.56 Å². The Morgan fingerprint density at radius 2 is 2.00 bits per heavy atom. The Labute approximate surface area is 113 Å². The number of carboxylic acids is 1. The standard InChI is InChI=1S/C13H10ClNO4/c14-10-4-2-1-3-9(10)11(13(17)18)15-12(16)8-5-6-19-7-8/h1-7,11H,(H,15,16)(H,17,18)/t11-/m1/s1. The van der Waals surface area contributed by atoms with Crippen LogP contribution in [0.15, 0.2) is 47.3 Å². The second-order valence-electron chi connectivity index (χ2n) is 3.78. The van der Waals surface area contributed by atoms with Crippen LogP contribution in [-0.4, -0.2) is 17.0 Å². The molecule has 2 aromatic rings. The van der Waals surface area contributed by atoms with Crippen molar-refractivity contribution in [3.63, 3.8) is 0 Å². The number of carbonyl (C=O) groups is 2. The van der Waals surface area contributed by atoms with Crippen LogP contribution in [0.1, 0.15) is 22.0 Å². The van der Waals surface area contributed by atoms with Gasteiger partial charge in [-0.2, -0.15) is 0 Å². The molecule has 5 nitrogen and oxygen atoms in total. The Balaban J connectivity index is 2.25. The van der Waals surface area contributed by atoms with E-state index in [1.54, 1.807) is 24.3 Å². The Kier molecular flexibility index (Phi) is 3.87. The van der Waals surface area contributed by atoms with Crippen LogP contribution in [0.2, 0.25) is 5.02 Å². The predicted molar refractivity (Wildman–Crippen MR) is 68.0 cm³/mol. The van der Waals surface area contributed by atoms with Crippen LogP contribution >= 0.6 is 11.6 Å². The van der Waals surface area contributed by atoms with Crippen molar-refractivity contribution in [2.75, 3.05) is 0 Å². The summed E-state index contributed by atoms with van der Waals surface area (Å²) in [4.78, 5) is 23.1. The van der Waals surface area contributed by atoms with Gasteiger partial charge in [-0.25, -0.2) is 4.79 Å². The molecule has 6 heteroatoms. The molecule has 2 rings (SSSR count). The molecule has 2 N–H and O–H groups in total. The summed E-state index contributed by atoms with van der Waals surface area (Å²) in [6.07, 6.45) is 2.57. The van der Waals surface area contributed by atoms with Gasteiger partial charge in [-0.3, -0.25) is 4.79 Å². The minimum atomic E-state index is -1.21. The van der Waals surface area contributed by atoms with Crippen LogP contribution in [0.3, 0.4) is 0 Å². The third-order valence-corrected chi connectivity index (χ3v) is 2.87. The lowest BCUT2D eigenvalue weighted by atomic mass is 10.1. The number of rotatable bonds is 4. The lowest BCUT2D eigenvalue weighted by Gasteiger charge is -2.15. The van der Waals surface area contributed by atoms with Crippen molar-refractivity contribution in [1.29, 1.82) is 0 Å². The molecule has 0 saturated heterocycles. The van der Waals surface area contributed by atoms with Crippen molar-refractivity contribution in [2.24, 2.45) is 0 Å². The maximum atomic E-state index is 11.8. The van der Waals surface area contributed by atoms with E-state index in [-0.39, 0.29) is 10.6 Å². The zero-order chi connectivity index (χ0) is 13.8. The van der Waals surface area contributed by atoms with Crippen LogP contribution in [0.5, 0.6) is 0 Å². The van der Waals surface area contributed by atoms with Crippen LogP contribution in [-0.2, 0) is 4.79 Å². The second kappa shape index (κ2) is 5.58. The third kappa shape index (κ3) is 2.95. The number of amides is 1. The first-order valence-electron chi connectivity index (χ1n) is 5.40. The van der Waals surface area contributed by atoms with Gasteiger partial charge in [0.1, 0.15) is 6.26 Å². The van der Waals surface area contributed by atoms with Crippen molar-refractivity contribution in [3.05, 3.63) is 59.0 Å². The van der Waals surface area contributed by atoms with Crippen molar-refractivity contribution >= 4 is 23.5 Å². The number of carbonyl (C=O) groups excluding carboxylic acids is 1. The molecule has 0 aliphatic carbocycles. The summed E-state index contributed by atoms with van der Waals surface area (Å²) in [7, 11) is 0. The molecule has 0 spiro atoms. The van der Waals surface area contributed by atoms with E-state index in [2.05, 4.69) is 5.32 Å². The zero-order valence-electron chi connectivity index (χ0n) is 9.67. The van der Waals surface area contributed by atoms with Crippen molar-refractivity contribution in [3.8, 4) is 0 Å². The highest BCUT2D eigenvalue weighted by Gasteiger charge is 2.24. The Morgan fingerprint density at radius 1 is 1.26 bits per heavy atom. The van der Waals surface area contributed by atoms with Crippen LogP contribution in [0, 0.1) is 0 Å². The van der Waals surface area contributed by atoms with E-state index < -0.39 is 17.9 Å². The zero-order valence-corrected chi connectivity index (χ0v) is 10.4. The number of aliphatic carboxylic acids is 1. The minimum Gasteiger partial charge on any atom is -0.479 e. The average molecular weight is 280 g/mol. The normalized spacial score (nSPS) is 11.8. The summed E-state index contributed by atoms with van der Waals surface area (Å²) in [6.45, 7) is 0. The average Bonchev–Trinajstić information content (AvgIpc) is 2.90. The number of carboxylic acid groups (broad SMARTS) is 1. The second-order valence-corrected chi connectivity index (χ2v) is 4.19. The van der Waals surface area contributed by atoms with E-state index >= 15 is 0 Å². The highest BCUT2D eigenvalue weighted by molar-refractivity contribution is 6.31. The lowest BCUT2D eigenvalue weighted by Crippen LogP contribution is -2.33. The molecule has 0 saturated carbocycles. The summed E-state index contributed by atoms with van der Waals surface area (Å²) in [5, 5.41) is 11.9. The lowest BCUT2D eigenvalue weighted by molar-refractivity contribution is -0.139. The maximum absolute atomic E-state index is 11.8. The molecule has 19 heavy (non-hydrogen) atoms. The molecule has 0 fully saturated rings. The Morgan fingerprint density at radius 3 is 2.58 bits per heavy atom. The molecule has 0 bridgehead atoms. The molecular formula is C13H10ClNO4. The fourth-order valence-corrected chi connectivity index (χ4v) is 1.83. The molecule has 0 aliphatic rings. The van der Waals surface area contributed by atoms with Gasteiger partial charge in [-0.05, 0) is 12.1 Å². The first-order valence-corrected chi connectivity index (χ1v) is 5.77. The van der Waals surface area contributed by atoms with Gasteiger partial charge in [0, 0.05) is 10.6 Å². The Bertz CT molecular complexity index is 594. The fourth-order valence-electron chi connectivity index (χ4n) is 1.59. The van der Waals surface area contributed by atoms with E-state index in [0.717, 1.165) is 0 Å². The summed E-state index contributed by atoms with van der Waals surface area (Å²) < 4.78 is 4.77. The van der Waals surface area contributed by atoms with Crippen molar-refractivity contribution < 1.29 is 19.1 Å². The highest BCUT2D eigenvalue weighted by Crippen LogP contribution is 2.23. The van der Waals surface area contributed by atoms with E-state index in [4.69, 9.17) is 16.0 Å². The maximum Gasteiger partial charge on any atom is 0.330 e. The summed E-state index contributed by atoms with van der Waals surface area (Å²) in [5.74, 6) is -1.73. The monoisotopic (exact) mass is 279 g/mol. The van der Waals surface area contributed by atoms with Crippen LogP contribution < -0.4 is 5.32 Å². The molecule has 1 atom stereocenters. The molecule has 1 aromatic carbocycles. The van der Waals surface area contributed by atoms with Crippen LogP contribution in [0.25, 0.3) is 0 Å². The molecule has 0 aliphatic heterocycles. The molecule has 1 aromatic heterocycles. The van der Waals surface area contributed by atoms with Gasteiger partial charge in [-0.1, -0.05) is 29.8 Å². The molecule has 0 radical (unpaired) electrons. The van der Waals surface area contributed by atoms with Crippen LogP contribution in [0.4, 0.5) is 0 Å². The topological polar surface area (TPSA) is 79.5 Å². The number of nitrogens with one attached hydrogen (secondary N) is 1. The SMILES string of the molecule is O=C(N[C@@H](C(=O)O)c1ccccc1Cl)c1ccoc1. The molecule has 0 unspecified atom stereocenters. The highest BCUT2D eigenvalue weighted by atomic mass is 35.5. The van der Waals surface area contributed by atoms with E-state index in [1.165, 1.54) is 18.6 Å². The summed E-state index contributed by atoms with van der Waals surface area (Å²) in [6, 6.07) is 6.69. The number of hydrogen-bond acceptors (Lipinski definition) is 3. The number of benzene rings is 1. The third-order valence-electron chi connectivity index (χ3n) is 2.52. The van der Waals surface area contributed by atoms with Crippen molar-refractivity contribution in [2.45, 2.75) is 6.04 Å². The predicted octanol–water partition coefficient (Wildman–Crippen LogP) is 2.49. The largest absolute Gasteiger partial charge is 0.479 e. The van der Waals surface area contributed by atoms with Gasteiger partial charge in [0.05, 0.1) is 11.8 Å². The first kappa shape index (κ1) is 13.2. The molecular weight excluding hydrogens is 270 g/mol. The van der Waals surface area contributed by atoms with E-state index in [9.17, 15) is 14.7 Å². The van der Waals surface area contributed by atoms with Gasteiger partial charge in [-0.15, -0.1) is 0 Å². The number of halogens is 1. The fraction of sp³-hybridized carbons (Fsp3) is 0.0769.